The van der Waals surface area contributed by atoms with Gasteiger partial charge in [0, 0.05) is 11.1 Å². The number of carbonyl (C=O) groups is 2. The van der Waals surface area contributed by atoms with Gasteiger partial charge in [-0.15, -0.1) is 11.3 Å². The van der Waals surface area contributed by atoms with E-state index < -0.39 is 5.60 Å². The third-order valence-electron chi connectivity index (χ3n) is 4.42. The van der Waals surface area contributed by atoms with Crippen molar-refractivity contribution in [1.29, 1.82) is 0 Å². The minimum Gasteiger partial charge on any atom is -0.458 e. The van der Waals surface area contributed by atoms with Gasteiger partial charge in [0.15, 0.2) is 0 Å². The van der Waals surface area contributed by atoms with Crippen molar-refractivity contribution < 1.29 is 14.3 Å². The number of nitrogens with one attached hydrogen (secondary N) is 1. The van der Waals surface area contributed by atoms with Crippen LogP contribution in [0, 0.1) is 12.8 Å². The number of esters is 1. The summed E-state index contributed by atoms with van der Waals surface area (Å²) in [6.07, 6.45) is 5.06. The standard InChI is InChI=1S/C15H20N2O3S/c1-10-9-21-12(17-10)8-16-14(19)11-7-13(18)20-15(11)5-3-2-4-6-15/h9,11H,2-8H2,1H3,(H,16,19)/t11-/m0/s1. The van der Waals surface area contributed by atoms with Crippen LogP contribution in [0.25, 0.3) is 0 Å². The van der Waals surface area contributed by atoms with E-state index in [0.717, 1.165) is 42.8 Å². The molecule has 1 aromatic rings. The van der Waals surface area contributed by atoms with E-state index in [1.165, 1.54) is 11.3 Å². The molecule has 2 heterocycles. The number of rotatable bonds is 3. The number of thiazole rings is 1. The monoisotopic (exact) mass is 308 g/mol. The first-order valence-electron chi connectivity index (χ1n) is 7.50. The normalized spacial score (nSPS) is 24.0. The van der Waals surface area contributed by atoms with Crippen LogP contribution in [0.15, 0.2) is 5.38 Å². The van der Waals surface area contributed by atoms with Crippen molar-refractivity contribution >= 4 is 23.2 Å². The fourth-order valence-corrected chi connectivity index (χ4v) is 4.11. The van der Waals surface area contributed by atoms with Gasteiger partial charge < -0.3 is 10.1 Å². The van der Waals surface area contributed by atoms with Gasteiger partial charge in [-0.2, -0.15) is 0 Å². The Bertz CT molecular complexity index is 549. The minimum atomic E-state index is -0.543. The van der Waals surface area contributed by atoms with Crippen LogP contribution in [0.2, 0.25) is 0 Å². The van der Waals surface area contributed by atoms with Gasteiger partial charge in [-0.3, -0.25) is 9.59 Å². The first-order valence-corrected chi connectivity index (χ1v) is 8.38. The molecule has 1 atom stereocenters. The minimum absolute atomic E-state index is 0.0735. The molecule has 1 spiro atoms. The van der Waals surface area contributed by atoms with Crippen LogP contribution in [0.3, 0.4) is 0 Å². The molecule has 114 valence electrons. The van der Waals surface area contributed by atoms with Crippen LogP contribution in [0.4, 0.5) is 0 Å². The highest BCUT2D eigenvalue weighted by Crippen LogP contribution is 2.44. The van der Waals surface area contributed by atoms with Crippen LogP contribution in [0.5, 0.6) is 0 Å². The van der Waals surface area contributed by atoms with Gasteiger partial charge in [0.2, 0.25) is 5.91 Å². The van der Waals surface area contributed by atoms with E-state index in [1.54, 1.807) is 0 Å². The topological polar surface area (TPSA) is 68.3 Å². The summed E-state index contributed by atoms with van der Waals surface area (Å²) in [5, 5.41) is 5.78. The van der Waals surface area contributed by atoms with Gasteiger partial charge in [-0.05, 0) is 32.6 Å². The molecule has 0 radical (unpaired) electrons. The zero-order chi connectivity index (χ0) is 14.9. The number of nitrogens with zero attached hydrogens (tertiary/aromatic N) is 1. The van der Waals surface area contributed by atoms with E-state index in [0.29, 0.717) is 6.54 Å². The summed E-state index contributed by atoms with van der Waals surface area (Å²) in [4.78, 5) is 28.5. The maximum Gasteiger partial charge on any atom is 0.307 e. The molecule has 0 unspecified atom stereocenters. The third-order valence-corrected chi connectivity index (χ3v) is 5.39. The quantitative estimate of drug-likeness (QED) is 0.870. The molecule has 1 saturated heterocycles. The lowest BCUT2D eigenvalue weighted by atomic mass is 9.75. The molecule has 6 heteroatoms. The summed E-state index contributed by atoms with van der Waals surface area (Å²) in [5.74, 6) is -0.649. The van der Waals surface area contributed by atoms with E-state index >= 15 is 0 Å². The molecule has 0 bridgehead atoms. The number of amides is 1. The Labute approximate surface area is 128 Å². The summed E-state index contributed by atoms with van der Waals surface area (Å²) < 4.78 is 5.57. The Balaban J connectivity index is 1.66. The van der Waals surface area contributed by atoms with Crippen molar-refractivity contribution in [3.8, 4) is 0 Å². The number of hydrogen-bond acceptors (Lipinski definition) is 5. The largest absolute Gasteiger partial charge is 0.458 e. The van der Waals surface area contributed by atoms with Gasteiger partial charge in [0.1, 0.15) is 10.6 Å². The maximum atomic E-state index is 12.5. The van der Waals surface area contributed by atoms with E-state index in [1.807, 2.05) is 12.3 Å². The summed E-state index contributed by atoms with van der Waals surface area (Å²) in [5.41, 5.74) is 0.422. The average Bonchev–Trinajstić information content (AvgIpc) is 3.01. The van der Waals surface area contributed by atoms with Crippen molar-refractivity contribution in [3.05, 3.63) is 16.1 Å². The molecule has 2 fully saturated rings. The SMILES string of the molecule is Cc1csc(CNC(=O)[C@@H]2CC(=O)OC23CCCCC3)n1. The van der Waals surface area contributed by atoms with Gasteiger partial charge in [0.05, 0.1) is 18.9 Å². The highest BCUT2D eigenvalue weighted by Gasteiger charge is 2.52. The third kappa shape index (κ3) is 2.95. The van der Waals surface area contributed by atoms with E-state index in [4.69, 9.17) is 4.74 Å². The predicted molar refractivity (Wildman–Crippen MR) is 78.7 cm³/mol. The molecule has 1 aromatic heterocycles. The van der Waals surface area contributed by atoms with Crippen LogP contribution in [-0.4, -0.2) is 22.5 Å². The molecule has 1 aliphatic carbocycles. The number of aryl methyl sites for hydroxylation is 1. The Morgan fingerprint density at radius 2 is 2.24 bits per heavy atom. The van der Waals surface area contributed by atoms with Gasteiger partial charge in [0.25, 0.3) is 0 Å². The molecule has 1 saturated carbocycles. The molecule has 0 aromatic carbocycles. The molecular formula is C15H20N2O3S. The van der Waals surface area contributed by atoms with Crippen LogP contribution < -0.4 is 5.32 Å². The molecular weight excluding hydrogens is 288 g/mol. The molecule has 1 N–H and O–H groups in total. The van der Waals surface area contributed by atoms with Gasteiger partial charge in [-0.1, -0.05) is 6.42 Å². The summed E-state index contributed by atoms with van der Waals surface area (Å²) in [6.45, 7) is 2.36. The van der Waals surface area contributed by atoms with Crippen molar-refractivity contribution in [2.75, 3.05) is 0 Å². The lowest BCUT2D eigenvalue weighted by Gasteiger charge is -2.35. The van der Waals surface area contributed by atoms with E-state index in [-0.39, 0.29) is 24.2 Å². The zero-order valence-corrected chi connectivity index (χ0v) is 13.0. The molecule has 3 rings (SSSR count). The maximum absolute atomic E-state index is 12.5. The van der Waals surface area contributed by atoms with Crippen LogP contribution >= 0.6 is 11.3 Å². The van der Waals surface area contributed by atoms with Gasteiger partial charge in [-0.25, -0.2) is 4.98 Å². The van der Waals surface area contributed by atoms with E-state index in [2.05, 4.69) is 10.3 Å². The van der Waals surface area contributed by atoms with Crippen molar-refractivity contribution in [2.45, 2.75) is 57.6 Å². The molecule has 1 amide bonds. The van der Waals surface area contributed by atoms with Crippen molar-refractivity contribution in [2.24, 2.45) is 5.92 Å². The van der Waals surface area contributed by atoms with Crippen LogP contribution in [-0.2, 0) is 20.9 Å². The molecule has 1 aliphatic heterocycles. The number of ether oxygens (including phenoxy) is 1. The Morgan fingerprint density at radius 1 is 1.48 bits per heavy atom. The van der Waals surface area contributed by atoms with Crippen LogP contribution in [0.1, 0.15) is 49.2 Å². The average molecular weight is 308 g/mol. The number of hydrogen-bond donors (Lipinski definition) is 1. The molecule has 5 nitrogen and oxygen atoms in total. The summed E-state index contributed by atoms with van der Waals surface area (Å²) in [6, 6.07) is 0. The second-order valence-electron chi connectivity index (χ2n) is 5.96. The number of carbonyl (C=O) groups excluding carboxylic acids is 2. The first kappa shape index (κ1) is 14.5. The van der Waals surface area contributed by atoms with Crippen molar-refractivity contribution in [1.82, 2.24) is 10.3 Å². The highest BCUT2D eigenvalue weighted by molar-refractivity contribution is 7.09. The van der Waals surface area contributed by atoms with Crippen molar-refractivity contribution in [3.63, 3.8) is 0 Å². The summed E-state index contributed by atoms with van der Waals surface area (Å²) in [7, 11) is 0. The lowest BCUT2D eigenvalue weighted by Crippen LogP contribution is -2.45. The Kier molecular flexibility index (Phi) is 3.97. The van der Waals surface area contributed by atoms with E-state index in [9.17, 15) is 9.59 Å². The Hall–Kier alpha value is -1.43. The summed E-state index contributed by atoms with van der Waals surface area (Å²) >= 11 is 1.54. The lowest BCUT2D eigenvalue weighted by molar-refractivity contribution is -0.153. The first-order chi connectivity index (χ1) is 10.1. The Morgan fingerprint density at radius 3 is 2.90 bits per heavy atom. The second kappa shape index (κ2) is 5.75. The molecule has 2 aliphatic rings. The second-order valence-corrected chi connectivity index (χ2v) is 6.90. The zero-order valence-electron chi connectivity index (χ0n) is 12.2. The highest BCUT2D eigenvalue weighted by atomic mass is 32.1. The predicted octanol–water partition coefficient (Wildman–Crippen LogP) is 2.33. The fraction of sp³-hybridized carbons (Fsp3) is 0.667. The fourth-order valence-electron chi connectivity index (χ4n) is 3.39. The van der Waals surface area contributed by atoms with Gasteiger partial charge >= 0.3 is 5.97 Å². The molecule has 21 heavy (non-hydrogen) atoms. The smallest absolute Gasteiger partial charge is 0.307 e. The number of aromatic nitrogens is 1.